The van der Waals surface area contributed by atoms with Crippen LogP contribution in [0.5, 0.6) is 0 Å². The highest BCUT2D eigenvalue weighted by atomic mass is 16.6. The molecule has 25 heavy (non-hydrogen) atoms. The first-order chi connectivity index (χ1) is 11.8. The smallest absolute Gasteiger partial charge is 0.408 e. The number of nitrogens with one attached hydrogen (secondary N) is 3. The maximum Gasteiger partial charge on any atom is 0.408 e. The van der Waals surface area contributed by atoms with Crippen LogP contribution in [0.1, 0.15) is 32.8 Å². The highest BCUT2D eigenvalue weighted by molar-refractivity contribution is 5.82. The SMILES string of the molecule is CC(C)(C)OC(=O)NCC(=O)NCCNC(=O)CCc1ccccc1. The Hall–Kier alpha value is -2.57. The molecular weight excluding hydrogens is 322 g/mol. The van der Waals surface area contributed by atoms with Gasteiger partial charge in [-0.1, -0.05) is 30.3 Å². The van der Waals surface area contributed by atoms with Crippen molar-refractivity contribution in [3.63, 3.8) is 0 Å². The van der Waals surface area contributed by atoms with Gasteiger partial charge in [0.25, 0.3) is 0 Å². The van der Waals surface area contributed by atoms with Crippen molar-refractivity contribution >= 4 is 17.9 Å². The van der Waals surface area contributed by atoms with E-state index in [1.165, 1.54) is 0 Å². The Balaban J connectivity index is 2.07. The Morgan fingerprint density at radius 1 is 0.920 bits per heavy atom. The summed E-state index contributed by atoms with van der Waals surface area (Å²) in [7, 11) is 0. The molecule has 0 unspecified atom stereocenters. The molecule has 3 amide bonds. The second-order valence-electron chi connectivity index (χ2n) is 6.54. The molecule has 0 aromatic heterocycles. The van der Waals surface area contributed by atoms with Gasteiger partial charge in [0.05, 0.1) is 6.54 Å². The number of hydrogen-bond acceptors (Lipinski definition) is 4. The Morgan fingerprint density at radius 2 is 1.52 bits per heavy atom. The Morgan fingerprint density at radius 3 is 2.12 bits per heavy atom. The molecule has 0 radical (unpaired) electrons. The first kappa shape index (κ1) is 20.5. The number of carbonyl (C=O) groups is 3. The van der Waals surface area contributed by atoms with E-state index in [1.807, 2.05) is 30.3 Å². The first-order valence-corrected chi connectivity index (χ1v) is 8.30. The highest BCUT2D eigenvalue weighted by Gasteiger charge is 2.16. The number of aryl methyl sites for hydroxylation is 1. The average Bonchev–Trinajstić information content (AvgIpc) is 2.54. The van der Waals surface area contributed by atoms with E-state index in [2.05, 4.69) is 16.0 Å². The lowest BCUT2D eigenvalue weighted by Gasteiger charge is -2.19. The van der Waals surface area contributed by atoms with E-state index in [0.29, 0.717) is 25.9 Å². The minimum Gasteiger partial charge on any atom is -0.444 e. The summed E-state index contributed by atoms with van der Waals surface area (Å²) in [5, 5.41) is 7.71. The van der Waals surface area contributed by atoms with Gasteiger partial charge in [0, 0.05) is 19.5 Å². The van der Waals surface area contributed by atoms with Crippen molar-refractivity contribution < 1.29 is 19.1 Å². The van der Waals surface area contributed by atoms with Crippen molar-refractivity contribution in [2.24, 2.45) is 0 Å². The molecule has 1 aromatic rings. The van der Waals surface area contributed by atoms with Crippen LogP contribution < -0.4 is 16.0 Å². The van der Waals surface area contributed by atoms with Crippen LogP contribution in [0.25, 0.3) is 0 Å². The van der Waals surface area contributed by atoms with Crippen molar-refractivity contribution in [2.75, 3.05) is 19.6 Å². The molecule has 0 bridgehead atoms. The van der Waals surface area contributed by atoms with Gasteiger partial charge in [-0.15, -0.1) is 0 Å². The standard InChI is InChI=1S/C18H27N3O4/c1-18(2,3)25-17(24)21-13-16(23)20-12-11-19-15(22)10-9-14-7-5-4-6-8-14/h4-8H,9-13H2,1-3H3,(H,19,22)(H,20,23)(H,21,24). The molecule has 0 spiro atoms. The molecule has 7 heteroatoms. The zero-order chi connectivity index (χ0) is 18.7. The normalized spacial score (nSPS) is 10.7. The molecular formula is C18H27N3O4. The molecule has 7 nitrogen and oxygen atoms in total. The largest absolute Gasteiger partial charge is 0.444 e. The summed E-state index contributed by atoms with van der Waals surface area (Å²) >= 11 is 0. The molecule has 1 aromatic carbocycles. The van der Waals surface area contributed by atoms with Gasteiger partial charge in [-0.25, -0.2) is 4.79 Å². The van der Waals surface area contributed by atoms with Crippen LogP contribution in [0.15, 0.2) is 30.3 Å². The minimum absolute atomic E-state index is 0.0648. The topological polar surface area (TPSA) is 96.5 Å². The van der Waals surface area contributed by atoms with E-state index in [1.54, 1.807) is 20.8 Å². The van der Waals surface area contributed by atoms with Gasteiger partial charge in [0.1, 0.15) is 5.60 Å². The van der Waals surface area contributed by atoms with Crippen molar-refractivity contribution in [3.05, 3.63) is 35.9 Å². The lowest BCUT2D eigenvalue weighted by Crippen LogP contribution is -2.42. The van der Waals surface area contributed by atoms with E-state index in [9.17, 15) is 14.4 Å². The van der Waals surface area contributed by atoms with Crippen LogP contribution >= 0.6 is 0 Å². The van der Waals surface area contributed by atoms with E-state index in [0.717, 1.165) is 5.56 Å². The molecule has 3 N–H and O–H groups in total. The summed E-state index contributed by atoms with van der Waals surface area (Å²) in [6.07, 6.45) is 0.439. The summed E-state index contributed by atoms with van der Waals surface area (Å²) in [5.74, 6) is -0.408. The fourth-order valence-electron chi connectivity index (χ4n) is 1.92. The summed E-state index contributed by atoms with van der Waals surface area (Å²) in [6, 6.07) is 9.77. The number of carbonyl (C=O) groups excluding carboxylic acids is 3. The second-order valence-corrected chi connectivity index (χ2v) is 6.54. The third-order valence-electron chi connectivity index (χ3n) is 3.05. The minimum atomic E-state index is -0.642. The zero-order valence-corrected chi connectivity index (χ0v) is 15.1. The second kappa shape index (κ2) is 10.3. The number of hydrogen-bond donors (Lipinski definition) is 3. The van der Waals surface area contributed by atoms with E-state index in [-0.39, 0.29) is 18.4 Å². The molecule has 0 saturated carbocycles. The number of amides is 3. The Bertz CT molecular complexity index is 567. The van der Waals surface area contributed by atoms with E-state index < -0.39 is 11.7 Å². The van der Waals surface area contributed by atoms with Gasteiger partial charge < -0.3 is 20.7 Å². The van der Waals surface area contributed by atoms with Gasteiger partial charge >= 0.3 is 6.09 Å². The van der Waals surface area contributed by atoms with Crippen molar-refractivity contribution in [2.45, 2.75) is 39.2 Å². The molecule has 0 atom stereocenters. The summed E-state index contributed by atoms with van der Waals surface area (Å²) in [4.78, 5) is 34.7. The zero-order valence-electron chi connectivity index (χ0n) is 15.1. The van der Waals surface area contributed by atoms with Gasteiger partial charge in [-0.2, -0.15) is 0 Å². The quantitative estimate of drug-likeness (QED) is 0.618. The van der Waals surface area contributed by atoms with Gasteiger partial charge in [-0.05, 0) is 32.8 Å². The third-order valence-corrected chi connectivity index (χ3v) is 3.05. The number of benzene rings is 1. The van der Waals surface area contributed by atoms with E-state index in [4.69, 9.17) is 4.74 Å². The molecule has 138 valence electrons. The molecule has 0 aliphatic carbocycles. The highest BCUT2D eigenvalue weighted by Crippen LogP contribution is 2.06. The molecule has 1 rings (SSSR count). The summed E-state index contributed by atoms with van der Waals surface area (Å²) in [5.41, 5.74) is 0.504. The van der Waals surface area contributed by atoms with Crippen LogP contribution in [-0.4, -0.2) is 43.1 Å². The van der Waals surface area contributed by atoms with Gasteiger partial charge in [0.15, 0.2) is 0 Å². The van der Waals surface area contributed by atoms with Crippen molar-refractivity contribution in [3.8, 4) is 0 Å². The van der Waals surface area contributed by atoms with Crippen LogP contribution in [-0.2, 0) is 20.7 Å². The molecule has 0 aliphatic rings. The lowest BCUT2D eigenvalue weighted by molar-refractivity contribution is -0.122. The molecule has 0 heterocycles. The molecule has 0 aliphatic heterocycles. The third kappa shape index (κ3) is 10.8. The van der Waals surface area contributed by atoms with Gasteiger partial charge in [0.2, 0.25) is 11.8 Å². The van der Waals surface area contributed by atoms with Crippen LogP contribution in [0.4, 0.5) is 4.79 Å². The van der Waals surface area contributed by atoms with Gasteiger partial charge in [-0.3, -0.25) is 9.59 Å². The van der Waals surface area contributed by atoms with Crippen molar-refractivity contribution in [1.29, 1.82) is 0 Å². The lowest BCUT2D eigenvalue weighted by atomic mass is 10.1. The Labute approximate surface area is 148 Å². The fourth-order valence-corrected chi connectivity index (χ4v) is 1.92. The first-order valence-electron chi connectivity index (χ1n) is 8.30. The predicted molar refractivity (Wildman–Crippen MR) is 95.0 cm³/mol. The van der Waals surface area contributed by atoms with E-state index >= 15 is 0 Å². The number of rotatable bonds is 8. The maximum absolute atomic E-state index is 11.7. The predicted octanol–water partition coefficient (Wildman–Crippen LogP) is 1.38. The van der Waals surface area contributed by atoms with Crippen LogP contribution in [0.2, 0.25) is 0 Å². The molecule has 0 saturated heterocycles. The molecule has 0 fully saturated rings. The fraction of sp³-hybridized carbons (Fsp3) is 0.500. The van der Waals surface area contributed by atoms with Crippen LogP contribution in [0, 0.1) is 0 Å². The van der Waals surface area contributed by atoms with Crippen molar-refractivity contribution in [1.82, 2.24) is 16.0 Å². The average molecular weight is 349 g/mol. The number of ether oxygens (including phenoxy) is 1. The summed E-state index contributed by atoms with van der Waals surface area (Å²) in [6.45, 7) is 5.70. The summed E-state index contributed by atoms with van der Waals surface area (Å²) < 4.78 is 5.02. The maximum atomic E-state index is 11.7. The van der Waals surface area contributed by atoms with Crippen LogP contribution in [0.3, 0.4) is 0 Å². The number of alkyl carbamates (subject to hydrolysis) is 1. The monoisotopic (exact) mass is 349 g/mol. The Kier molecular flexibility index (Phi) is 8.46.